The molecule has 1 amide bonds. The van der Waals surface area contributed by atoms with E-state index in [1.54, 1.807) is 0 Å². The molecule has 0 aliphatic carbocycles. The fraction of sp³-hybridized carbons (Fsp3) is 0.714. The van der Waals surface area contributed by atoms with Crippen LogP contribution in [0.2, 0.25) is 0 Å². The summed E-state index contributed by atoms with van der Waals surface area (Å²) in [6.45, 7) is 4.51. The maximum Gasteiger partial charge on any atom is 0.309 e. The lowest BCUT2D eigenvalue weighted by Gasteiger charge is -2.39. The van der Waals surface area contributed by atoms with Gasteiger partial charge in [0.25, 0.3) is 5.24 Å². The highest BCUT2D eigenvalue weighted by Crippen LogP contribution is 2.32. The van der Waals surface area contributed by atoms with Crippen molar-refractivity contribution in [3.05, 3.63) is 23.8 Å². The number of hydrogen-bond acceptors (Lipinski definition) is 6. The van der Waals surface area contributed by atoms with Gasteiger partial charge in [0.15, 0.2) is 5.79 Å². The number of rotatable bonds is 10. The fourth-order valence-electron chi connectivity index (χ4n) is 3.32. The van der Waals surface area contributed by atoms with Crippen LogP contribution in [0.1, 0.15) is 65.2 Å². The molecule has 2 N–H and O–H groups in total. The molecule has 2 aliphatic rings. The Balaban J connectivity index is 1.71. The van der Waals surface area contributed by atoms with Crippen LogP contribution in [0.15, 0.2) is 23.8 Å². The topological polar surface area (TPSA) is 84.9 Å². The molecule has 0 aromatic heterocycles. The average molecular weight is 412 g/mol. The minimum Gasteiger partial charge on any atom is -0.462 e. The predicted molar refractivity (Wildman–Crippen MR) is 111 cm³/mol. The van der Waals surface area contributed by atoms with Gasteiger partial charge < -0.3 is 19.9 Å². The van der Waals surface area contributed by atoms with Gasteiger partial charge in [-0.2, -0.15) is 0 Å². The van der Waals surface area contributed by atoms with Crippen molar-refractivity contribution in [2.24, 2.45) is 0 Å². The molecular weight excluding hydrogens is 378 g/mol. The van der Waals surface area contributed by atoms with E-state index in [9.17, 15) is 14.7 Å². The second-order valence-electron chi connectivity index (χ2n) is 7.50. The van der Waals surface area contributed by atoms with Gasteiger partial charge in [-0.3, -0.25) is 9.59 Å². The average Bonchev–Trinajstić information content (AvgIpc) is 3.10. The van der Waals surface area contributed by atoms with Crippen LogP contribution in [0, 0.1) is 0 Å². The molecule has 0 saturated carbocycles. The molecule has 0 aromatic carbocycles. The van der Waals surface area contributed by atoms with E-state index < -0.39 is 17.9 Å². The van der Waals surface area contributed by atoms with Crippen molar-refractivity contribution >= 4 is 23.0 Å². The van der Waals surface area contributed by atoms with Crippen LogP contribution >= 0.6 is 11.8 Å². The van der Waals surface area contributed by atoms with Gasteiger partial charge in [-0.05, 0) is 32.6 Å². The highest BCUT2D eigenvalue weighted by molar-refractivity contribution is 8.14. The number of thioether (sulfide) groups is 1. The largest absolute Gasteiger partial charge is 0.462 e. The van der Waals surface area contributed by atoms with Gasteiger partial charge >= 0.3 is 5.97 Å². The van der Waals surface area contributed by atoms with E-state index in [4.69, 9.17) is 9.47 Å². The minimum atomic E-state index is -1.47. The fourth-order valence-corrected chi connectivity index (χ4v) is 4.21. The molecule has 0 spiro atoms. The molecule has 0 radical (unpaired) electrons. The van der Waals surface area contributed by atoms with Gasteiger partial charge in [0, 0.05) is 18.6 Å². The predicted octanol–water partition coefficient (Wildman–Crippen LogP) is 4.09. The third-order valence-electron chi connectivity index (χ3n) is 5.01. The first-order valence-corrected chi connectivity index (χ1v) is 11.2. The first-order valence-electron chi connectivity index (χ1n) is 10.2. The number of carbonyl (C=O) groups excluding carboxylic acids is 2. The SMILES string of the molecule is CCC/C=C\CCC/C(C)=C\CC(=O)O[C@@H]1CCO[C@@](O)([C@@H]2CSC(=O)N2)C1. The molecule has 2 fully saturated rings. The van der Waals surface area contributed by atoms with Crippen LogP contribution in [0.5, 0.6) is 0 Å². The molecule has 2 aliphatic heterocycles. The van der Waals surface area contributed by atoms with Crippen LogP contribution in [-0.4, -0.2) is 46.6 Å². The molecule has 0 bridgehead atoms. The Bertz CT molecular complexity index is 591. The molecule has 28 heavy (non-hydrogen) atoms. The summed E-state index contributed by atoms with van der Waals surface area (Å²) >= 11 is 1.13. The first kappa shape index (κ1) is 23.0. The van der Waals surface area contributed by atoms with Crippen LogP contribution in [0.4, 0.5) is 4.79 Å². The Morgan fingerprint density at radius 1 is 1.43 bits per heavy atom. The lowest BCUT2D eigenvalue weighted by Crippen LogP contribution is -2.56. The van der Waals surface area contributed by atoms with Crippen LogP contribution < -0.4 is 5.32 Å². The van der Waals surface area contributed by atoms with Crippen molar-refractivity contribution in [1.29, 1.82) is 0 Å². The number of ether oxygens (including phenoxy) is 2. The number of carbonyl (C=O) groups is 2. The summed E-state index contributed by atoms with van der Waals surface area (Å²) in [6.07, 6.45) is 12.4. The first-order chi connectivity index (χ1) is 13.4. The highest BCUT2D eigenvalue weighted by atomic mass is 32.2. The Labute approximate surface area is 172 Å². The maximum atomic E-state index is 12.2. The van der Waals surface area contributed by atoms with Crippen molar-refractivity contribution in [2.45, 2.75) is 83.1 Å². The quantitative estimate of drug-likeness (QED) is 0.320. The summed E-state index contributed by atoms with van der Waals surface area (Å²) in [4.78, 5) is 23.6. The summed E-state index contributed by atoms with van der Waals surface area (Å²) in [5.74, 6) is -1.31. The lowest BCUT2D eigenvalue weighted by molar-refractivity contribution is -0.256. The number of unbranched alkanes of at least 4 members (excludes halogenated alkanes) is 2. The summed E-state index contributed by atoms with van der Waals surface area (Å²) in [5, 5.41) is 13.2. The second-order valence-corrected chi connectivity index (χ2v) is 8.49. The molecule has 6 nitrogen and oxygen atoms in total. The summed E-state index contributed by atoms with van der Waals surface area (Å²) in [7, 11) is 0. The Kier molecular flexibility index (Phi) is 9.55. The van der Waals surface area contributed by atoms with Crippen LogP contribution in [-0.2, 0) is 14.3 Å². The van der Waals surface area contributed by atoms with Gasteiger partial charge in [-0.1, -0.05) is 48.9 Å². The van der Waals surface area contributed by atoms with Crippen molar-refractivity contribution in [2.75, 3.05) is 12.4 Å². The zero-order valence-corrected chi connectivity index (χ0v) is 17.8. The van der Waals surface area contributed by atoms with Gasteiger partial charge in [-0.25, -0.2) is 0 Å². The minimum absolute atomic E-state index is 0.164. The molecule has 2 heterocycles. The van der Waals surface area contributed by atoms with E-state index in [1.165, 1.54) is 12.0 Å². The number of esters is 1. The van der Waals surface area contributed by atoms with Crippen molar-refractivity contribution in [1.82, 2.24) is 5.32 Å². The molecule has 3 atom stereocenters. The van der Waals surface area contributed by atoms with E-state index in [2.05, 4.69) is 24.4 Å². The monoisotopic (exact) mass is 411 g/mol. The molecule has 2 saturated heterocycles. The molecule has 0 unspecified atom stereocenters. The summed E-state index contributed by atoms with van der Waals surface area (Å²) in [6, 6.07) is -0.472. The van der Waals surface area contributed by atoms with Crippen molar-refractivity contribution in [3.63, 3.8) is 0 Å². The van der Waals surface area contributed by atoms with Crippen LogP contribution in [0.25, 0.3) is 0 Å². The number of hydrogen-bond donors (Lipinski definition) is 2. The third-order valence-corrected chi connectivity index (χ3v) is 5.89. The molecule has 158 valence electrons. The van der Waals surface area contributed by atoms with Gasteiger partial charge in [0.2, 0.25) is 0 Å². The van der Waals surface area contributed by atoms with E-state index >= 15 is 0 Å². The molecule has 0 aromatic rings. The van der Waals surface area contributed by atoms with Gasteiger partial charge in [-0.15, -0.1) is 0 Å². The highest BCUT2D eigenvalue weighted by Gasteiger charge is 2.46. The smallest absolute Gasteiger partial charge is 0.309 e. The van der Waals surface area contributed by atoms with E-state index in [0.29, 0.717) is 18.8 Å². The number of nitrogens with one attached hydrogen (secondary N) is 1. The van der Waals surface area contributed by atoms with E-state index in [1.807, 2.05) is 13.0 Å². The maximum absolute atomic E-state index is 12.2. The molecule has 7 heteroatoms. The zero-order chi connectivity index (χ0) is 20.4. The number of amides is 1. The van der Waals surface area contributed by atoms with Crippen molar-refractivity contribution in [3.8, 4) is 0 Å². The van der Waals surface area contributed by atoms with Crippen molar-refractivity contribution < 1.29 is 24.2 Å². The third kappa shape index (κ3) is 7.60. The number of allylic oxidation sites excluding steroid dienone is 3. The Morgan fingerprint density at radius 2 is 2.21 bits per heavy atom. The standard InChI is InChI=1S/C21H33NO5S/c1-3-4-5-6-7-8-9-16(2)10-11-19(23)27-17-12-13-26-21(25,14-17)18-15-28-20(24)22-18/h5-6,10,17-18,25H,3-4,7-9,11-15H2,1-2H3,(H,22,24)/b6-5-,16-10-/t17-,18+,21-/m1/s1. The van der Waals surface area contributed by atoms with Gasteiger partial charge in [0.1, 0.15) is 6.10 Å². The number of aliphatic hydroxyl groups is 1. The molecule has 2 rings (SSSR count). The van der Waals surface area contributed by atoms with Gasteiger partial charge in [0.05, 0.1) is 19.1 Å². The lowest BCUT2D eigenvalue weighted by atomic mass is 9.96. The zero-order valence-electron chi connectivity index (χ0n) is 16.9. The van der Waals surface area contributed by atoms with E-state index in [0.717, 1.165) is 37.4 Å². The summed E-state index contributed by atoms with van der Waals surface area (Å²) < 4.78 is 11.0. The van der Waals surface area contributed by atoms with Crippen LogP contribution in [0.3, 0.4) is 0 Å². The Hall–Kier alpha value is -1.31. The summed E-state index contributed by atoms with van der Waals surface area (Å²) in [5.41, 5.74) is 1.19. The second kappa shape index (κ2) is 11.6. The normalized spacial score (nSPS) is 28.5. The van der Waals surface area contributed by atoms with E-state index in [-0.39, 0.29) is 24.1 Å². The molecular formula is C21H33NO5S. The Morgan fingerprint density at radius 3 is 2.93 bits per heavy atom.